The largest absolute Gasteiger partial charge is 0.285 e. The molecule has 0 amide bonds. The summed E-state index contributed by atoms with van der Waals surface area (Å²) >= 11 is 0. The summed E-state index contributed by atoms with van der Waals surface area (Å²) in [4.78, 5) is 36.8. The van der Waals surface area contributed by atoms with E-state index < -0.39 is 11.6 Å². The molecule has 21 heavy (non-hydrogen) atoms. The molecule has 0 N–H and O–H groups in total. The second-order valence-corrected chi connectivity index (χ2v) is 4.58. The summed E-state index contributed by atoms with van der Waals surface area (Å²) in [5.41, 5.74) is 2.39. The zero-order chi connectivity index (χ0) is 14.8. The maximum atomic E-state index is 12.3. The van der Waals surface area contributed by atoms with E-state index in [9.17, 15) is 9.59 Å². The fourth-order valence-electron chi connectivity index (χ4n) is 2.02. The highest BCUT2D eigenvalue weighted by Gasteiger charge is 2.20. The number of hydrogen-bond acceptors (Lipinski definition) is 5. The summed E-state index contributed by atoms with van der Waals surface area (Å²) in [5.74, 6) is -1.22. The van der Waals surface area contributed by atoms with Gasteiger partial charge in [-0.05, 0) is 37.3 Å². The Bertz CT molecular complexity index is 859. The molecule has 2 heterocycles. The third-order valence-corrected chi connectivity index (χ3v) is 3.06. The minimum atomic E-state index is -0.623. The van der Waals surface area contributed by atoms with E-state index in [4.69, 9.17) is 0 Å². The number of hydrogen-bond donors (Lipinski definition) is 0. The molecule has 0 spiro atoms. The number of carbonyl (C=O) groups excluding carboxylic acids is 2. The maximum Gasteiger partial charge on any atom is 0.251 e. The molecule has 0 aliphatic rings. The minimum Gasteiger partial charge on any atom is -0.285 e. The molecule has 0 aliphatic carbocycles. The summed E-state index contributed by atoms with van der Waals surface area (Å²) in [6.07, 6.45) is 3.12. The van der Waals surface area contributed by atoms with Crippen molar-refractivity contribution >= 4 is 22.6 Å². The highest BCUT2D eigenvalue weighted by atomic mass is 16.2. The quantitative estimate of drug-likeness (QED) is 0.543. The molecule has 5 heteroatoms. The van der Waals surface area contributed by atoms with Gasteiger partial charge < -0.3 is 0 Å². The Kier molecular flexibility index (Phi) is 3.23. The minimum absolute atomic E-state index is 0.152. The number of fused-ring (bicyclic) bond motifs is 1. The van der Waals surface area contributed by atoms with Gasteiger partial charge in [0.15, 0.2) is 0 Å². The van der Waals surface area contributed by atoms with Crippen LogP contribution < -0.4 is 0 Å². The Morgan fingerprint density at radius 1 is 0.905 bits per heavy atom. The van der Waals surface area contributed by atoms with Crippen molar-refractivity contribution in [3.8, 4) is 0 Å². The summed E-state index contributed by atoms with van der Waals surface area (Å²) < 4.78 is 0. The van der Waals surface area contributed by atoms with E-state index in [2.05, 4.69) is 15.0 Å². The van der Waals surface area contributed by atoms with Gasteiger partial charge in [0.25, 0.3) is 5.78 Å². The van der Waals surface area contributed by atoms with E-state index in [1.54, 1.807) is 49.6 Å². The summed E-state index contributed by atoms with van der Waals surface area (Å²) in [6, 6.07) is 9.83. The fraction of sp³-hybridized carbons (Fsp3) is 0.0625. The van der Waals surface area contributed by atoms with Crippen LogP contribution in [-0.2, 0) is 0 Å². The average molecular weight is 277 g/mol. The van der Waals surface area contributed by atoms with Crippen LogP contribution in [-0.4, -0.2) is 26.5 Å². The number of benzene rings is 1. The van der Waals surface area contributed by atoms with E-state index in [0.717, 1.165) is 0 Å². The number of aromatic nitrogens is 3. The number of nitrogens with zero attached hydrogens (tertiary/aromatic N) is 3. The number of rotatable bonds is 3. The lowest BCUT2D eigenvalue weighted by molar-refractivity contribution is 0.0814. The number of aryl methyl sites for hydroxylation is 1. The zero-order valence-corrected chi connectivity index (χ0v) is 11.3. The summed E-state index contributed by atoms with van der Waals surface area (Å²) in [6.45, 7) is 1.77. The molecule has 0 unspecified atom stereocenters. The topological polar surface area (TPSA) is 72.8 Å². The Labute approximate surface area is 120 Å². The molecule has 102 valence electrons. The normalized spacial score (nSPS) is 10.5. The van der Waals surface area contributed by atoms with Gasteiger partial charge in [0, 0.05) is 23.7 Å². The van der Waals surface area contributed by atoms with Crippen LogP contribution in [0.15, 0.2) is 48.8 Å². The summed E-state index contributed by atoms with van der Waals surface area (Å²) in [5, 5.41) is 0. The number of ketones is 2. The van der Waals surface area contributed by atoms with E-state index in [1.807, 2.05) is 0 Å². The van der Waals surface area contributed by atoms with Gasteiger partial charge in [-0.2, -0.15) is 0 Å². The van der Waals surface area contributed by atoms with Crippen molar-refractivity contribution in [1.29, 1.82) is 0 Å². The number of Topliss-reactive ketones (excluding diaryl/α,β-unsaturated/α-hetero) is 2. The smallest absolute Gasteiger partial charge is 0.251 e. The van der Waals surface area contributed by atoms with E-state index >= 15 is 0 Å². The molecule has 0 saturated carbocycles. The van der Waals surface area contributed by atoms with Crippen LogP contribution in [0.3, 0.4) is 0 Å². The van der Waals surface area contributed by atoms with Crippen LogP contribution in [0, 0.1) is 6.92 Å². The van der Waals surface area contributed by atoms with Crippen molar-refractivity contribution in [1.82, 2.24) is 15.0 Å². The molecule has 0 bridgehead atoms. The molecule has 0 aliphatic heterocycles. The molecule has 3 aromatic rings. The average Bonchev–Trinajstić information content (AvgIpc) is 2.53. The molecule has 0 radical (unpaired) electrons. The van der Waals surface area contributed by atoms with Gasteiger partial charge in [0.1, 0.15) is 5.69 Å². The Balaban J connectivity index is 1.98. The molecule has 2 aromatic heterocycles. The molecule has 3 rings (SSSR count). The Morgan fingerprint density at radius 2 is 1.67 bits per heavy atom. The summed E-state index contributed by atoms with van der Waals surface area (Å²) in [7, 11) is 0. The Morgan fingerprint density at radius 3 is 2.43 bits per heavy atom. The number of pyridine rings is 1. The van der Waals surface area contributed by atoms with Crippen LogP contribution in [0.5, 0.6) is 0 Å². The standard InChI is InChI=1S/C16H11N3O2/c1-10-3-2-4-13(19-10)16(21)15(20)11-5-6-12-14(9-11)18-8-7-17-12/h2-9H,1H3. The molecular weight excluding hydrogens is 266 g/mol. The van der Waals surface area contributed by atoms with Crippen molar-refractivity contribution in [2.45, 2.75) is 6.92 Å². The van der Waals surface area contributed by atoms with Crippen molar-refractivity contribution in [2.24, 2.45) is 0 Å². The van der Waals surface area contributed by atoms with Crippen LogP contribution in [0.25, 0.3) is 11.0 Å². The van der Waals surface area contributed by atoms with Crippen LogP contribution >= 0.6 is 0 Å². The zero-order valence-electron chi connectivity index (χ0n) is 11.3. The lowest BCUT2D eigenvalue weighted by Gasteiger charge is -2.02. The monoisotopic (exact) mass is 277 g/mol. The Hall–Kier alpha value is -2.95. The highest BCUT2D eigenvalue weighted by molar-refractivity contribution is 6.49. The molecular formula is C16H11N3O2. The van der Waals surface area contributed by atoms with E-state index in [0.29, 0.717) is 16.7 Å². The van der Waals surface area contributed by atoms with E-state index in [-0.39, 0.29) is 11.3 Å². The van der Waals surface area contributed by atoms with Crippen molar-refractivity contribution in [3.05, 3.63) is 65.7 Å². The third kappa shape index (κ3) is 2.53. The molecule has 0 atom stereocenters. The van der Waals surface area contributed by atoms with E-state index in [1.165, 1.54) is 6.07 Å². The van der Waals surface area contributed by atoms with Gasteiger partial charge in [0.2, 0.25) is 5.78 Å². The first-order valence-corrected chi connectivity index (χ1v) is 6.38. The molecule has 5 nitrogen and oxygen atoms in total. The van der Waals surface area contributed by atoms with Crippen LogP contribution in [0.2, 0.25) is 0 Å². The second-order valence-electron chi connectivity index (χ2n) is 4.58. The highest BCUT2D eigenvalue weighted by Crippen LogP contribution is 2.13. The van der Waals surface area contributed by atoms with Gasteiger partial charge >= 0.3 is 0 Å². The SMILES string of the molecule is Cc1cccc(C(=O)C(=O)c2ccc3nccnc3c2)n1. The fourth-order valence-corrected chi connectivity index (χ4v) is 2.02. The van der Waals surface area contributed by atoms with Gasteiger partial charge in [0.05, 0.1) is 11.0 Å². The first kappa shape index (κ1) is 13.1. The van der Waals surface area contributed by atoms with Crippen LogP contribution in [0.4, 0.5) is 0 Å². The first-order valence-electron chi connectivity index (χ1n) is 6.38. The first-order chi connectivity index (χ1) is 10.1. The maximum absolute atomic E-state index is 12.3. The number of carbonyl (C=O) groups is 2. The van der Waals surface area contributed by atoms with Gasteiger partial charge in [-0.3, -0.25) is 19.6 Å². The van der Waals surface area contributed by atoms with Gasteiger partial charge in [-0.1, -0.05) is 6.07 Å². The third-order valence-electron chi connectivity index (χ3n) is 3.06. The lowest BCUT2D eigenvalue weighted by atomic mass is 10.0. The van der Waals surface area contributed by atoms with Crippen molar-refractivity contribution in [2.75, 3.05) is 0 Å². The lowest BCUT2D eigenvalue weighted by Crippen LogP contribution is -2.16. The predicted octanol–water partition coefficient (Wildman–Crippen LogP) is 2.40. The second kappa shape index (κ2) is 5.20. The van der Waals surface area contributed by atoms with Crippen molar-refractivity contribution < 1.29 is 9.59 Å². The van der Waals surface area contributed by atoms with Crippen molar-refractivity contribution in [3.63, 3.8) is 0 Å². The molecule has 0 saturated heterocycles. The van der Waals surface area contributed by atoms with Gasteiger partial charge in [-0.25, -0.2) is 4.98 Å². The van der Waals surface area contributed by atoms with Crippen LogP contribution in [0.1, 0.15) is 26.5 Å². The molecule has 0 fully saturated rings. The molecule has 1 aromatic carbocycles. The predicted molar refractivity (Wildman–Crippen MR) is 77.2 cm³/mol. The van der Waals surface area contributed by atoms with Gasteiger partial charge in [-0.15, -0.1) is 0 Å².